The minimum absolute atomic E-state index is 0.130. The number of rotatable bonds is 8. The lowest BCUT2D eigenvalue weighted by molar-refractivity contribution is -0.142. The molecule has 0 saturated carbocycles. The van der Waals surface area contributed by atoms with E-state index in [9.17, 15) is 9.59 Å². The monoisotopic (exact) mass is 318 g/mol. The lowest BCUT2D eigenvalue weighted by Crippen LogP contribution is -2.20. The zero-order valence-corrected chi connectivity index (χ0v) is 13.5. The third-order valence-corrected chi connectivity index (χ3v) is 3.82. The van der Waals surface area contributed by atoms with Gasteiger partial charge >= 0.3 is 11.9 Å². The van der Waals surface area contributed by atoms with Crippen LogP contribution in [0.5, 0.6) is 5.75 Å². The van der Waals surface area contributed by atoms with Crippen molar-refractivity contribution >= 4 is 22.8 Å². The number of nitrogens with one attached hydrogen (secondary N) is 1. The molecule has 0 fully saturated rings. The summed E-state index contributed by atoms with van der Waals surface area (Å²) in [7, 11) is 2.07. The molecule has 0 aliphatic carbocycles. The number of fused-ring (bicyclic) bond motifs is 1. The predicted octanol–water partition coefficient (Wildman–Crippen LogP) is 2.43. The van der Waals surface area contributed by atoms with Crippen LogP contribution in [0, 0.1) is 0 Å². The van der Waals surface area contributed by atoms with E-state index in [2.05, 4.69) is 23.9 Å². The van der Waals surface area contributed by atoms with Crippen molar-refractivity contribution in [3.63, 3.8) is 0 Å². The second-order valence-electron chi connectivity index (χ2n) is 5.54. The Balaban J connectivity index is 2.07. The lowest BCUT2D eigenvalue weighted by atomic mass is 10.1. The Bertz CT molecular complexity index is 693. The smallest absolute Gasteiger partial charge is 0.311 e. The second kappa shape index (κ2) is 7.78. The highest BCUT2D eigenvalue weighted by Crippen LogP contribution is 2.24. The number of likely N-dealkylation sites (N-methyl/N-ethyl adjacent to an activating group) is 1. The van der Waals surface area contributed by atoms with Crippen LogP contribution in [0.3, 0.4) is 0 Å². The van der Waals surface area contributed by atoms with Crippen molar-refractivity contribution in [1.82, 2.24) is 9.88 Å². The number of aliphatic carboxylic acids is 1. The number of nitrogens with zero attached hydrogens (tertiary/aromatic N) is 1. The fourth-order valence-corrected chi connectivity index (χ4v) is 2.29. The van der Waals surface area contributed by atoms with Gasteiger partial charge in [0.05, 0.1) is 12.8 Å². The van der Waals surface area contributed by atoms with Crippen molar-refractivity contribution in [3.8, 4) is 5.75 Å². The van der Waals surface area contributed by atoms with Gasteiger partial charge in [-0.1, -0.05) is 6.92 Å². The number of ether oxygens (including phenoxy) is 1. The maximum Gasteiger partial charge on any atom is 0.311 e. The first-order chi connectivity index (χ1) is 11.0. The molecule has 1 heterocycles. The predicted molar refractivity (Wildman–Crippen MR) is 87.7 cm³/mol. The van der Waals surface area contributed by atoms with Crippen LogP contribution in [0.4, 0.5) is 0 Å². The van der Waals surface area contributed by atoms with Crippen LogP contribution in [0.25, 0.3) is 10.9 Å². The summed E-state index contributed by atoms with van der Waals surface area (Å²) in [4.78, 5) is 27.6. The second-order valence-corrected chi connectivity index (χ2v) is 5.54. The Kier molecular flexibility index (Phi) is 5.76. The average Bonchev–Trinajstić information content (AvgIpc) is 2.93. The number of H-pyrrole nitrogens is 1. The summed E-state index contributed by atoms with van der Waals surface area (Å²) < 4.78 is 5.22. The molecule has 1 aromatic carbocycles. The number of carbonyl (C=O) groups excluding carboxylic acids is 1. The molecule has 0 saturated heterocycles. The standard InChI is InChI=1S/C17H22N2O4/c1-3-19(2)9-8-12-11-18-15-5-4-13(10-14(12)15)23-17(22)7-6-16(20)21/h4-5,10-11,18H,3,6-9H2,1-2H3,(H,20,21). The SMILES string of the molecule is CCN(C)CCc1c[nH]c2ccc(OC(=O)CCC(=O)O)cc12. The van der Waals surface area contributed by atoms with Gasteiger partial charge in [-0.2, -0.15) is 0 Å². The maximum atomic E-state index is 11.6. The Labute approximate surface area is 135 Å². The van der Waals surface area contributed by atoms with Gasteiger partial charge in [-0.05, 0) is 43.8 Å². The molecule has 2 aromatic rings. The Morgan fingerprint density at radius 3 is 2.78 bits per heavy atom. The number of esters is 1. The molecule has 1 aromatic heterocycles. The molecule has 0 radical (unpaired) electrons. The molecule has 23 heavy (non-hydrogen) atoms. The van der Waals surface area contributed by atoms with Crippen molar-refractivity contribution in [2.45, 2.75) is 26.2 Å². The highest BCUT2D eigenvalue weighted by atomic mass is 16.5. The van der Waals surface area contributed by atoms with Crippen LogP contribution in [0.2, 0.25) is 0 Å². The van der Waals surface area contributed by atoms with Crippen LogP contribution >= 0.6 is 0 Å². The molecule has 0 aliphatic rings. The maximum absolute atomic E-state index is 11.6. The highest BCUT2D eigenvalue weighted by molar-refractivity contribution is 5.86. The first-order valence-corrected chi connectivity index (χ1v) is 7.70. The van der Waals surface area contributed by atoms with Gasteiger partial charge in [0.2, 0.25) is 0 Å². The number of carboxylic acid groups (broad SMARTS) is 1. The summed E-state index contributed by atoms with van der Waals surface area (Å²) in [6, 6.07) is 5.40. The highest BCUT2D eigenvalue weighted by Gasteiger charge is 2.10. The molecule has 6 heteroatoms. The van der Waals surface area contributed by atoms with Crippen LogP contribution in [-0.4, -0.2) is 47.1 Å². The van der Waals surface area contributed by atoms with Gasteiger partial charge in [-0.15, -0.1) is 0 Å². The van der Waals surface area contributed by atoms with Gasteiger partial charge in [-0.25, -0.2) is 0 Å². The van der Waals surface area contributed by atoms with Crippen molar-refractivity contribution in [1.29, 1.82) is 0 Å². The number of hydrogen-bond donors (Lipinski definition) is 2. The zero-order chi connectivity index (χ0) is 16.8. The van der Waals surface area contributed by atoms with E-state index in [0.717, 1.165) is 30.4 Å². The van der Waals surface area contributed by atoms with E-state index in [4.69, 9.17) is 9.84 Å². The van der Waals surface area contributed by atoms with Gasteiger partial charge < -0.3 is 19.7 Å². The van der Waals surface area contributed by atoms with E-state index in [-0.39, 0.29) is 12.8 Å². The molecule has 2 N–H and O–H groups in total. The summed E-state index contributed by atoms with van der Waals surface area (Å²) in [6.07, 6.45) is 2.53. The number of carboxylic acids is 1. The van der Waals surface area contributed by atoms with E-state index in [1.54, 1.807) is 6.07 Å². The summed E-state index contributed by atoms with van der Waals surface area (Å²) >= 11 is 0. The number of aromatic amines is 1. The van der Waals surface area contributed by atoms with Crippen LogP contribution < -0.4 is 4.74 Å². The van der Waals surface area contributed by atoms with E-state index in [0.29, 0.717) is 5.75 Å². The molecule has 0 unspecified atom stereocenters. The number of hydrogen-bond acceptors (Lipinski definition) is 4. The van der Waals surface area contributed by atoms with Gasteiger partial charge in [0.1, 0.15) is 5.75 Å². The Morgan fingerprint density at radius 2 is 2.09 bits per heavy atom. The largest absolute Gasteiger partial charge is 0.481 e. The normalized spacial score (nSPS) is 11.1. The molecule has 0 amide bonds. The van der Waals surface area contributed by atoms with Crippen molar-refractivity contribution < 1.29 is 19.4 Å². The molecule has 2 rings (SSSR count). The average molecular weight is 318 g/mol. The van der Waals surface area contributed by atoms with E-state index in [1.807, 2.05) is 18.3 Å². The quantitative estimate of drug-likeness (QED) is 0.577. The minimum atomic E-state index is -1.01. The van der Waals surface area contributed by atoms with Crippen LogP contribution in [0.15, 0.2) is 24.4 Å². The van der Waals surface area contributed by atoms with Crippen LogP contribution in [-0.2, 0) is 16.0 Å². The minimum Gasteiger partial charge on any atom is -0.481 e. The molecular formula is C17H22N2O4. The molecule has 0 spiro atoms. The van der Waals surface area contributed by atoms with E-state index >= 15 is 0 Å². The van der Waals surface area contributed by atoms with Crippen molar-refractivity contribution in [3.05, 3.63) is 30.0 Å². The fraction of sp³-hybridized carbons (Fsp3) is 0.412. The summed E-state index contributed by atoms with van der Waals surface area (Å²) in [5.74, 6) is -1.10. The first-order valence-electron chi connectivity index (χ1n) is 7.70. The summed E-state index contributed by atoms with van der Waals surface area (Å²) in [5.41, 5.74) is 2.16. The van der Waals surface area contributed by atoms with Crippen molar-refractivity contribution in [2.24, 2.45) is 0 Å². The Morgan fingerprint density at radius 1 is 1.30 bits per heavy atom. The molecule has 124 valence electrons. The molecule has 0 aliphatic heterocycles. The number of carbonyl (C=O) groups is 2. The fourth-order valence-electron chi connectivity index (χ4n) is 2.29. The topological polar surface area (TPSA) is 82.6 Å². The number of benzene rings is 1. The third-order valence-electron chi connectivity index (χ3n) is 3.82. The van der Waals surface area contributed by atoms with Crippen LogP contribution in [0.1, 0.15) is 25.3 Å². The lowest BCUT2D eigenvalue weighted by Gasteiger charge is -2.12. The molecule has 0 atom stereocenters. The van der Waals surface area contributed by atoms with E-state index < -0.39 is 11.9 Å². The van der Waals surface area contributed by atoms with E-state index in [1.165, 1.54) is 5.56 Å². The summed E-state index contributed by atoms with van der Waals surface area (Å²) in [5, 5.41) is 9.61. The molecule has 6 nitrogen and oxygen atoms in total. The summed E-state index contributed by atoms with van der Waals surface area (Å²) in [6.45, 7) is 4.06. The number of aromatic nitrogens is 1. The Hall–Kier alpha value is -2.34. The van der Waals surface area contributed by atoms with Crippen molar-refractivity contribution in [2.75, 3.05) is 20.1 Å². The van der Waals surface area contributed by atoms with Gasteiger partial charge in [0.15, 0.2) is 0 Å². The first kappa shape index (κ1) is 17.0. The van der Waals surface area contributed by atoms with Gasteiger partial charge in [0.25, 0.3) is 0 Å². The zero-order valence-electron chi connectivity index (χ0n) is 13.5. The van der Waals surface area contributed by atoms with Gasteiger partial charge in [0, 0.05) is 23.6 Å². The van der Waals surface area contributed by atoms with Gasteiger partial charge in [-0.3, -0.25) is 9.59 Å². The molecular weight excluding hydrogens is 296 g/mol. The third kappa shape index (κ3) is 4.82. The molecule has 0 bridgehead atoms.